The highest BCUT2D eigenvalue weighted by Gasteiger charge is 2.31. The molecule has 0 bridgehead atoms. The number of hydrogen-bond acceptors (Lipinski definition) is 1. The standard InChI is InChI=1S/C14H26OSi/c1-5-9-10-11-15-16(12-6-2,13-7-3)14-8-4/h1,9-10H,6-8,11-14H2,2-4H3. The summed E-state index contributed by atoms with van der Waals surface area (Å²) in [4.78, 5) is 0. The zero-order valence-electron chi connectivity index (χ0n) is 11.1. The maximum atomic E-state index is 6.21. The normalized spacial score (nSPS) is 11.9. The molecule has 92 valence electrons. The Bertz CT molecular complexity index is 210. The summed E-state index contributed by atoms with van der Waals surface area (Å²) in [6, 6.07) is 3.87. The molecule has 0 spiro atoms. The molecule has 0 aliphatic rings. The maximum absolute atomic E-state index is 6.21. The van der Waals surface area contributed by atoms with Crippen LogP contribution in [0.5, 0.6) is 0 Å². The molecule has 0 heterocycles. The van der Waals surface area contributed by atoms with Crippen molar-refractivity contribution in [1.82, 2.24) is 0 Å². The average molecular weight is 238 g/mol. The third kappa shape index (κ3) is 6.15. The Kier molecular flexibility index (Phi) is 9.37. The Morgan fingerprint density at radius 2 is 1.56 bits per heavy atom. The van der Waals surface area contributed by atoms with Gasteiger partial charge in [0.05, 0.1) is 6.61 Å². The van der Waals surface area contributed by atoms with Crippen LogP contribution in [-0.4, -0.2) is 14.9 Å². The van der Waals surface area contributed by atoms with Crippen LogP contribution in [0.1, 0.15) is 40.0 Å². The Balaban J connectivity index is 4.35. The van der Waals surface area contributed by atoms with Crippen LogP contribution in [0.4, 0.5) is 0 Å². The molecule has 0 N–H and O–H groups in total. The van der Waals surface area contributed by atoms with Crippen LogP contribution >= 0.6 is 0 Å². The van der Waals surface area contributed by atoms with Gasteiger partial charge in [0.15, 0.2) is 8.32 Å². The third-order valence-electron chi connectivity index (χ3n) is 2.82. The van der Waals surface area contributed by atoms with Crippen LogP contribution in [0.2, 0.25) is 18.1 Å². The van der Waals surface area contributed by atoms with E-state index in [-0.39, 0.29) is 0 Å². The first kappa shape index (κ1) is 15.5. The summed E-state index contributed by atoms with van der Waals surface area (Å²) in [6.45, 7) is 7.48. The van der Waals surface area contributed by atoms with Gasteiger partial charge in [-0.15, -0.1) is 6.42 Å². The molecule has 0 aromatic heterocycles. The van der Waals surface area contributed by atoms with E-state index in [1.165, 1.54) is 37.4 Å². The second-order valence-electron chi connectivity index (χ2n) is 4.31. The Morgan fingerprint density at radius 1 is 1.06 bits per heavy atom. The molecule has 0 aliphatic carbocycles. The molecule has 0 fully saturated rings. The average Bonchev–Trinajstić information content (AvgIpc) is 2.26. The van der Waals surface area contributed by atoms with Crippen LogP contribution in [0.3, 0.4) is 0 Å². The fourth-order valence-corrected chi connectivity index (χ4v) is 6.67. The summed E-state index contributed by atoms with van der Waals surface area (Å²) in [5.74, 6) is 2.50. The van der Waals surface area contributed by atoms with E-state index in [0.29, 0.717) is 6.61 Å². The lowest BCUT2D eigenvalue weighted by atomic mass is 10.5. The first-order valence-electron chi connectivity index (χ1n) is 6.49. The number of rotatable bonds is 9. The van der Waals surface area contributed by atoms with Gasteiger partial charge in [-0.05, 0) is 24.2 Å². The highest BCUT2D eigenvalue weighted by molar-refractivity contribution is 6.73. The van der Waals surface area contributed by atoms with Crippen LogP contribution in [0, 0.1) is 12.3 Å². The molecule has 0 aromatic rings. The summed E-state index contributed by atoms with van der Waals surface area (Å²) in [6.07, 6.45) is 12.6. The molecule has 0 amide bonds. The Labute approximate surface area is 102 Å². The van der Waals surface area contributed by atoms with Gasteiger partial charge < -0.3 is 4.43 Å². The van der Waals surface area contributed by atoms with Crippen molar-refractivity contribution in [3.8, 4) is 12.3 Å². The Hall–Kier alpha value is -0.523. The van der Waals surface area contributed by atoms with Crippen LogP contribution in [0.25, 0.3) is 0 Å². The third-order valence-corrected chi connectivity index (χ3v) is 7.83. The predicted octanol–water partition coefficient (Wildman–Crippen LogP) is 4.37. The number of allylic oxidation sites excluding steroid dienone is 1. The van der Waals surface area contributed by atoms with Crippen molar-refractivity contribution in [3.05, 3.63) is 12.2 Å². The molecule has 0 saturated carbocycles. The molecule has 0 unspecified atom stereocenters. The quantitative estimate of drug-likeness (QED) is 0.428. The minimum absolute atomic E-state index is 0.705. The molecular weight excluding hydrogens is 212 g/mol. The van der Waals surface area contributed by atoms with Gasteiger partial charge in [0, 0.05) is 0 Å². The van der Waals surface area contributed by atoms with E-state index in [4.69, 9.17) is 10.8 Å². The van der Waals surface area contributed by atoms with Gasteiger partial charge in [-0.2, -0.15) is 0 Å². The number of hydrogen-bond donors (Lipinski definition) is 0. The smallest absolute Gasteiger partial charge is 0.193 e. The first-order chi connectivity index (χ1) is 7.74. The first-order valence-corrected chi connectivity index (χ1v) is 9.02. The minimum Gasteiger partial charge on any atom is -0.413 e. The topological polar surface area (TPSA) is 9.23 Å². The van der Waals surface area contributed by atoms with Crippen molar-refractivity contribution in [2.24, 2.45) is 0 Å². The van der Waals surface area contributed by atoms with Crippen LogP contribution in [0.15, 0.2) is 12.2 Å². The summed E-state index contributed by atoms with van der Waals surface area (Å²) in [5.41, 5.74) is 0. The second kappa shape index (κ2) is 9.69. The van der Waals surface area contributed by atoms with Crippen molar-refractivity contribution >= 4 is 8.32 Å². The van der Waals surface area contributed by atoms with Crippen molar-refractivity contribution in [3.63, 3.8) is 0 Å². The van der Waals surface area contributed by atoms with Crippen molar-refractivity contribution < 1.29 is 4.43 Å². The molecule has 1 nitrogen and oxygen atoms in total. The molecule has 0 aliphatic heterocycles. The van der Waals surface area contributed by atoms with Crippen LogP contribution in [-0.2, 0) is 4.43 Å². The molecular formula is C14H26OSi. The van der Waals surface area contributed by atoms with E-state index in [0.717, 1.165) is 0 Å². The lowest BCUT2D eigenvalue weighted by Crippen LogP contribution is -2.37. The van der Waals surface area contributed by atoms with Gasteiger partial charge >= 0.3 is 0 Å². The van der Waals surface area contributed by atoms with E-state index in [1.54, 1.807) is 6.08 Å². The number of terminal acetylenes is 1. The zero-order valence-corrected chi connectivity index (χ0v) is 12.1. The summed E-state index contributed by atoms with van der Waals surface area (Å²) in [5, 5.41) is 0. The van der Waals surface area contributed by atoms with Gasteiger partial charge in [-0.25, -0.2) is 0 Å². The SMILES string of the molecule is C#CC=CCO[Si](CCC)(CCC)CCC. The Morgan fingerprint density at radius 3 is 1.94 bits per heavy atom. The van der Waals surface area contributed by atoms with Crippen LogP contribution < -0.4 is 0 Å². The van der Waals surface area contributed by atoms with Gasteiger partial charge in [-0.3, -0.25) is 0 Å². The van der Waals surface area contributed by atoms with Crippen molar-refractivity contribution in [2.45, 2.75) is 58.2 Å². The fraction of sp³-hybridized carbons (Fsp3) is 0.714. The predicted molar refractivity (Wildman–Crippen MR) is 75.0 cm³/mol. The molecule has 0 radical (unpaired) electrons. The molecule has 2 heteroatoms. The summed E-state index contributed by atoms with van der Waals surface area (Å²) < 4.78 is 6.21. The molecule has 16 heavy (non-hydrogen) atoms. The molecule has 0 atom stereocenters. The lowest BCUT2D eigenvalue weighted by molar-refractivity contribution is 0.337. The lowest BCUT2D eigenvalue weighted by Gasteiger charge is -2.30. The molecule has 0 saturated heterocycles. The van der Waals surface area contributed by atoms with E-state index in [2.05, 4.69) is 26.7 Å². The second-order valence-corrected chi connectivity index (χ2v) is 8.47. The van der Waals surface area contributed by atoms with Gasteiger partial charge in [0.25, 0.3) is 0 Å². The molecule has 0 aromatic carbocycles. The minimum atomic E-state index is -1.47. The molecule has 0 rings (SSSR count). The largest absolute Gasteiger partial charge is 0.413 e. The van der Waals surface area contributed by atoms with Gasteiger partial charge in [0.2, 0.25) is 0 Å². The van der Waals surface area contributed by atoms with E-state index >= 15 is 0 Å². The highest BCUT2D eigenvalue weighted by atomic mass is 28.4. The van der Waals surface area contributed by atoms with E-state index in [1.807, 2.05) is 6.08 Å². The maximum Gasteiger partial charge on any atom is 0.193 e. The van der Waals surface area contributed by atoms with Gasteiger partial charge in [-0.1, -0.05) is 52.0 Å². The highest BCUT2D eigenvalue weighted by Crippen LogP contribution is 2.27. The van der Waals surface area contributed by atoms with Gasteiger partial charge in [0.1, 0.15) is 0 Å². The van der Waals surface area contributed by atoms with E-state index in [9.17, 15) is 0 Å². The van der Waals surface area contributed by atoms with E-state index < -0.39 is 8.32 Å². The fourth-order valence-electron chi connectivity index (χ4n) is 2.30. The summed E-state index contributed by atoms with van der Waals surface area (Å²) in [7, 11) is -1.47. The monoisotopic (exact) mass is 238 g/mol. The zero-order chi connectivity index (χ0) is 12.3. The van der Waals surface area contributed by atoms with Crippen molar-refractivity contribution in [2.75, 3.05) is 6.61 Å². The van der Waals surface area contributed by atoms with Crippen molar-refractivity contribution in [1.29, 1.82) is 0 Å². The summed E-state index contributed by atoms with van der Waals surface area (Å²) >= 11 is 0.